The van der Waals surface area contributed by atoms with Crippen LogP contribution in [-0.4, -0.2) is 47.3 Å². The van der Waals surface area contributed by atoms with Crippen molar-refractivity contribution < 1.29 is 9.53 Å². The molecular formula is C20H28N4O2. The van der Waals surface area contributed by atoms with E-state index in [0.717, 1.165) is 49.7 Å². The molecule has 1 N–H and O–H groups in total. The minimum absolute atomic E-state index is 0.0367. The van der Waals surface area contributed by atoms with Crippen molar-refractivity contribution in [2.24, 2.45) is 13.0 Å². The van der Waals surface area contributed by atoms with Gasteiger partial charge in [-0.15, -0.1) is 0 Å². The molecule has 26 heavy (non-hydrogen) atoms. The van der Waals surface area contributed by atoms with Gasteiger partial charge in [-0.3, -0.25) is 14.4 Å². The summed E-state index contributed by atoms with van der Waals surface area (Å²) >= 11 is 0. The second kappa shape index (κ2) is 8.85. The van der Waals surface area contributed by atoms with Gasteiger partial charge in [0.05, 0.1) is 25.5 Å². The van der Waals surface area contributed by atoms with Gasteiger partial charge >= 0.3 is 0 Å². The van der Waals surface area contributed by atoms with Gasteiger partial charge in [-0.05, 0) is 62.4 Å². The average Bonchev–Trinajstić information content (AvgIpc) is 3.06. The third-order valence-corrected chi connectivity index (χ3v) is 5.06. The molecule has 0 unspecified atom stereocenters. The SMILES string of the molecule is COc1ccc(CCC2CCN(CC(=O)Nc3cnn(C)c3)CC2)cc1. The summed E-state index contributed by atoms with van der Waals surface area (Å²) in [5.74, 6) is 1.69. The zero-order valence-corrected chi connectivity index (χ0v) is 15.6. The number of aromatic nitrogens is 2. The fourth-order valence-electron chi connectivity index (χ4n) is 3.49. The van der Waals surface area contributed by atoms with Gasteiger partial charge in [0, 0.05) is 13.2 Å². The van der Waals surface area contributed by atoms with E-state index in [0.29, 0.717) is 6.54 Å². The molecule has 1 aromatic carbocycles. The molecule has 0 radical (unpaired) electrons. The van der Waals surface area contributed by atoms with Crippen LogP contribution in [0, 0.1) is 5.92 Å². The summed E-state index contributed by atoms with van der Waals surface area (Å²) in [4.78, 5) is 14.4. The molecule has 0 bridgehead atoms. The number of methoxy groups -OCH3 is 1. The van der Waals surface area contributed by atoms with Crippen LogP contribution in [0.5, 0.6) is 5.75 Å². The van der Waals surface area contributed by atoms with E-state index in [1.807, 2.05) is 25.4 Å². The molecule has 0 atom stereocenters. The van der Waals surface area contributed by atoms with Gasteiger partial charge in [0.1, 0.15) is 5.75 Å². The van der Waals surface area contributed by atoms with Gasteiger partial charge in [0.25, 0.3) is 0 Å². The van der Waals surface area contributed by atoms with E-state index in [1.165, 1.54) is 12.0 Å². The van der Waals surface area contributed by atoms with Crippen molar-refractivity contribution in [2.75, 3.05) is 32.1 Å². The number of aryl methyl sites for hydroxylation is 2. The summed E-state index contributed by atoms with van der Waals surface area (Å²) in [5, 5.41) is 6.97. The molecule has 3 rings (SSSR count). The summed E-state index contributed by atoms with van der Waals surface area (Å²) in [7, 11) is 3.53. The van der Waals surface area contributed by atoms with E-state index in [9.17, 15) is 4.79 Å². The standard InChI is InChI=1S/C20H28N4O2/c1-23-14-18(13-21-23)22-20(25)15-24-11-9-17(10-12-24)4-3-16-5-7-19(26-2)8-6-16/h5-8,13-14,17H,3-4,9-12,15H2,1-2H3,(H,22,25). The molecule has 0 aliphatic carbocycles. The average molecular weight is 356 g/mol. The van der Waals surface area contributed by atoms with Crippen LogP contribution < -0.4 is 10.1 Å². The van der Waals surface area contributed by atoms with Crippen LogP contribution in [0.25, 0.3) is 0 Å². The van der Waals surface area contributed by atoms with Crippen LogP contribution in [-0.2, 0) is 18.3 Å². The number of hydrogen-bond acceptors (Lipinski definition) is 4. The van der Waals surface area contributed by atoms with E-state index in [-0.39, 0.29) is 5.91 Å². The van der Waals surface area contributed by atoms with Crippen molar-refractivity contribution in [3.8, 4) is 5.75 Å². The van der Waals surface area contributed by atoms with Gasteiger partial charge < -0.3 is 10.1 Å². The Balaban J connectivity index is 1.36. The number of hydrogen-bond donors (Lipinski definition) is 1. The zero-order chi connectivity index (χ0) is 18.4. The van der Waals surface area contributed by atoms with E-state index in [1.54, 1.807) is 18.0 Å². The second-order valence-electron chi connectivity index (χ2n) is 7.06. The highest BCUT2D eigenvalue weighted by Crippen LogP contribution is 2.23. The lowest BCUT2D eigenvalue weighted by Gasteiger charge is -2.31. The summed E-state index contributed by atoms with van der Waals surface area (Å²) in [5.41, 5.74) is 2.12. The molecule has 2 heterocycles. The highest BCUT2D eigenvalue weighted by molar-refractivity contribution is 5.91. The molecule has 2 aromatic rings. The van der Waals surface area contributed by atoms with Crippen LogP contribution in [0.4, 0.5) is 5.69 Å². The van der Waals surface area contributed by atoms with Crippen LogP contribution >= 0.6 is 0 Å². The maximum absolute atomic E-state index is 12.1. The van der Waals surface area contributed by atoms with E-state index < -0.39 is 0 Å². The molecule has 0 spiro atoms. The van der Waals surface area contributed by atoms with Crippen molar-refractivity contribution in [2.45, 2.75) is 25.7 Å². The first-order valence-corrected chi connectivity index (χ1v) is 9.26. The number of carbonyl (C=O) groups is 1. The van der Waals surface area contributed by atoms with Gasteiger partial charge in [-0.2, -0.15) is 5.10 Å². The summed E-state index contributed by atoms with van der Waals surface area (Å²) in [6.45, 7) is 2.45. The van der Waals surface area contributed by atoms with E-state index in [2.05, 4.69) is 27.4 Å². The lowest BCUT2D eigenvalue weighted by Crippen LogP contribution is -2.39. The van der Waals surface area contributed by atoms with Gasteiger partial charge in [0.15, 0.2) is 0 Å². The molecular weight excluding hydrogens is 328 g/mol. The van der Waals surface area contributed by atoms with E-state index in [4.69, 9.17) is 4.74 Å². The van der Waals surface area contributed by atoms with Crippen molar-refractivity contribution in [3.63, 3.8) is 0 Å². The Morgan fingerprint density at radius 1 is 1.27 bits per heavy atom. The van der Waals surface area contributed by atoms with Gasteiger partial charge in [0.2, 0.25) is 5.91 Å². The number of amides is 1. The third-order valence-electron chi connectivity index (χ3n) is 5.06. The Kier molecular flexibility index (Phi) is 6.28. The summed E-state index contributed by atoms with van der Waals surface area (Å²) in [6, 6.07) is 8.35. The molecule has 1 aliphatic rings. The van der Waals surface area contributed by atoms with E-state index >= 15 is 0 Å². The molecule has 140 valence electrons. The van der Waals surface area contributed by atoms with Crippen LogP contribution in [0.15, 0.2) is 36.7 Å². The number of nitrogens with zero attached hydrogens (tertiary/aromatic N) is 3. The Bertz CT molecular complexity index is 703. The molecule has 6 heteroatoms. The largest absolute Gasteiger partial charge is 0.497 e. The van der Waals surface area contributed by atoms with Gasteiger partial charge in [-0.25, -0.2) is 0 Å². The third kappa shape index (κ3) is 5.33. The number of rotatable bonds is 7. The first-order valence-electron chi connectivity index (χ1n) is 9.26. The molecule has 1 amide bonds. The number of ether oxygens (including phenoxy) is 1. The Hall–Kier alpha value is -2.34. The number of nitrogens with one attached hydrogen (secondary N) is 1. The predicted octanol–water partition coefficient (Wildman–Crippen LogP) is 2.71. The molecule has 1 saturated heterocycles. The normalized spacial score (nSPS) is 15.8. The minimum atomic E-state index is 0.0367. The molecule has 0 saturated carbocycles. The maximum Gasteiger partial charge on any atom is 0.238 e. The van der Waals surface area contributed by atoms with Gasteiger partial charge in [-0.1, -0.05) is 12.1 Å². The molecule has 6 nitrogen and oxygen atoms in total. The number of piperidine rings is 1. The summed E-state index contributed by atoms with van der Waals surface area (Å²) < 4.78 is 6.89. The second-order valence-corrected chi connectivity index (χ2v) is 7.06. The lowest BCUT2D eigenvalue weighted by atomic mass is 9.90. The van der Waals surface area contributed by atoms with Crippen LogP contribution in [0.2, 0.25) is 0 Å². The fraction of sp³-hybridized carbons (Fsp3) is 0.500. The van der Waals surface area contributed by atoms with Crippen molar-refractivity contribution in [1.82, 2.24) is 14.7 Å². The first-order chi connectivity index (χ1) is 12.6. The first kappa shape index (κ1) is 18.5. The Morgan fingerprint density at radius 3 is 2.62 bits per heavy atom. The zero-order valence-electron chi connectivity index (χ0n) is 15.6. The topological polar surface area (TPSA) is 59.4 Å². The Labute approximate surface area is 155 Å². The number of anilines is 1. The highest BCUT2D eigenvalue weighted by atomic mass is 16.5. The smallest absolute Gasteiger partial charge is 0.238 e. The quantitative estimate of drug-likeness (QED) is 0.829. The Morgan fingerprint density at radius 2 is 2.00 bits per heavy atom. The monoisotopic (exact) mass is 356 g/mol. The highest BCUT2D eigenvalue weighted by Gasteiger charge is 2.20. The molecule has 1 aliphatic heterocycles. The van der Waals surface area contributed by atoms with Crippen LogP contribution in [0.3, 0.4) is 0 Å². The molecule has 1 fully saturated rings. The molecule has 1 aromatic heterocycles. The number of carbonyl (C=O) groups excluding carboxylic acids is 1. The van der Waals surface area contributed by atoms with Crippen molar-refractivity contribution in [1.29, 1.82) is 0 Å². The van der Waals surface area contributed by atoms with Crippen molar-refractivity contribution >= 4 is 11.6 Å². The predicted molar refractivity (Wildman–Crippen MR) is 102 cm³/mol. The van der Waals surface area contributed by atoms with Crippen molar-refractivity contribution in [3.05, 3.63) is 42.2 Å². The fourth-order valence-corrected chi connectivity index (χ4v) is 3.49. The summed E-state index contributed by atoms with van der Waals surface area (Å²) in [6.07, 6.45) is 8.12. The maximum atomic E-state index is 12.1. The number of likely N-dealkylation sites (tertiary alicyclic amines) is 1. The minimum Gasteiger partial charge on any atom is -0.497 e. The lowest BCUT2D eigenvalue weighted by molar-refractivity contribution is -0.117. The van der Waals surface area contributed by atoms with Crippen LogP contribution in [0.1, 0.15) is 24.8 Å². The number of benzene rings is 1.